The topological polar surface area (TPSA) is 40.5 Å². The van der Waals surface area contributed by atoms with Crippen molar-refractivity contribution in [1.82, 2.24) is 4.90 Å². The van der Waals surface area contributed by atoms with Gasteiger partial charge in [-0.05, 0) is 14.1 Å². The van der Waals surface area contributed by atoms with Crippen molar-refractivity contribution in [3.63, 3.8) is 0 Å². The molecular weight excluding hydrogens is 250 g/mol. The lowest BCUT2D eigenvalue weighted by atomic mass is 10.0. The number of ketones is 1. The molecule has 1 N–H and O–H groups in total. The lowest BCUT2D eigenvalue weighted by Crippen LogP contribution is -2.15. The molecule has 0 aliphatic carbocycles. The van der Waals surface area contributed by atoms with Gasteiger partial charge in [0.05, 0.1) is 6.61 Å². The van der Waals surface area contributed by atoms with Crippen LogP contribution in [0.15, 0.2) is 60.7 Å². The third-order valence-electron chi connectivity index (χ3n) is 2.62. The smallest absolute Gasteiger partial charge is 0.193 e. The van der Waals surface area contributed by atoms with E-state index in [0.717, 1.165) is 17.7 Å². The van der Waals surface area contributed by atoms with Gasteiger partial charge < -0.3 is 10.0 Å². The lowest BCUT2D eigenvalue weighted by Gasteiger charge is -2.03. The number of hydrogen-bond acceptors (Lipinski definition) is 3. The minimum absolute atomic E-state index is 0.0752. The molecule has 2 rings (SSSR count). The Hall–Kier alpha value is -1.97. The monoisotopic (exact) mass is 271 g/mol. The van der Waals surface area contributed by atoms with Crippen LogP contribution in [0.2, 0.25) is 0 Å². The molecule has 0 unspecified atom stereocenters. The van der Waals surface area contributed by atoms with Crippen molar-refractivity contribution in [1.29, 1.82) is 0 Å². The van der Waals surface area contributed by atoms with E-state index in [9.17, 15) is 4.79 Å². The molecule has 0 spiro atoms. The SMILES string of the molecule is CN(C)CCO.O=C(c1ccccc1)c1ccccc1. The number of benzene rings is 2. The van der Waals surface area contributed by atoms with E-state index in [4.69, 9.17) is 5.11 Å². The fraction of sp³-hybridized carbons (Fsp3) is 0.235. The highest BCUT2D eigenvalue weighted by Gasteiger charge is 2.06. The quantitative estimate of drug-likeness (QED) is 0.868. The van der Waals surface area contributed by atoms with Gasteiger partial charge in [-0.1, -0.05) is 60.7 Å². The van der Waals surface area contributed by atoms with Crippen LogP contribution in [0.5, 0.6) is 0 Å². The first-order valence-electron chi connectivity index (χ1n) is 6.55. The molecular formula is C17H21NO2. The first-order chi connectivity index (χ1) is 9.65. The largest absolute Gasteiger partial charge is 0.395 e. The molecule has 0 saturated carbocycles. The summed E-state index contributed by atoms with van der Waals surface area (Å²) in [6, 6.07) is 18.6. The van der Waals surface area contributed by atoms with Gasteiger partial charge in [-0.3, -0.25) is 4.79 Å². The number of rotatable bonds is 4. The van der Waals surface area contributed by atoms with Crippen molar-refractivity contribution in [3.8, 4) is 0 Å². The fourth-order valence-electron chi connectivity index (χ4n) is 1.55. The van der Waals surface area contributed by atoms with Gasteiger partial charge in [0.25, 0.3) is 0 Å². The van der Waals surface area contributed by atoms with Gasteiger partial charge in [-0.2, -0.15) is 0 Å². The zero-order valence-electron chi connectivity index (χ0n) is 12.0. The summed E-state index contributed by atoms with van der Waals surface area (Å²) in [4.78, 5) is 13.8. The zero-order valence-corrected chi connectivity index (χ0v) is 12.0. The maximum Gasteiger partial charge on any atom is 0.193 e. The van der Waals surface area contributed by atoms with Crippen LogP contribution in [-0.4, -0.2) is 43.0 Å². The Morgan fingerprint density at radius 1 is 0.900 bits per heavy atom. The molecule has 0 aliphatic rings. The van der Waals surface area contributed by atoms with E-state index in [1.165, 1.54) is 0 Å². The van der Waals surface area contributed by atoms with Crippen molar-refractivity contribution in [3.05, 3.63) is 71.8 Å². The second-order valence-corrected chi connectivity index (χ2v) is 4.59. The molecule has 0 aromatic heterocycles. The van der Waals surface area contributed by atoms with E-state index in [-0.39, 0.29) is 12.4 Å². The number of carbonyl (C=O) groups excluding carboxylic acids is 1. The van der Waals surface area contributed by atoms with Gasteiger partial charge in [-0.25, -0.2) is 0 Å². The summed E-state index contributed by atoms with van der Waals surface area (Å²) >= 11 is 0. The van der Waals surface area contributed by atoms with Gasteiger partial charge in [-0.15, -0.1) is 0 Å². The van der Waals surface area contributed by atoms with E-state index in [1.54, 1.807) is 0 Å². The Kier molecular flexibility index (Phi) is 7.25. The Morgan fingerprint density at radius 2 is 1.30 bits per heavy atom. The van der Waals surface area contributed by atoms with Crippen molar-refractivity contribution in [2.75, 3.05) is 27.2 Å². The highest BCUT2D eigenvalue weighted by atomic mass is 16.3. The van der Waals surface area contributed by atoms with Crippen LogP contribution in [-0.2, 0) is 0 Å². The van der Waals surface area contributed by atoms with Crippen molar-refractivity contribution in [2.45, 2.75) is 0 Å². The Balaban J connectivity index is 0.000000286. The minimum Gasteiger partial charge on any atom is -0.395 e. The maximum atomic E-state index is 11.8. The molecule has 0 amide bonds. The number of aliphatic hydroxyl groups is 1. The van der Waals surface area contributed by atoms with Crippen LogP contribution in [0.3, 0.4) is 0 Å². The average molecular weight is 271 g/mol. The van der Waals surface area contributed by atoms with Crippen molar-refractivity contribution in [2.24, 2.45) is 0 Å². The highest BCUT2D eigenvalue weighted by Crippen LogP contribution is 2.08. The highest BCUT2D eigenvalue weighted by molar-refractivity contribution is 6.08. The number of nitrogens with zero attached hydrogens (tertiary/aromatic N) is 1. The summed E-state index contributed by atoms with van der Waals surface area (Å²) in [6.07, 6.45) is 0. The van der Waals surface area contributed by atoms with Crippen molar-refractivity contribution < 1.29 is 9.90 Å². The summed E-state index contributed by atoms with van der Waals surface area (Å²) in [5.41, 5.74) is 1.47. The van der Waals surface area contributed by atoms with E-state index in [2.05, 4.69) is 0 Å². The number of likely N-dealkylation sites (N-methyl/N-ethyl adjacent to an activating group) is 1. The van der Waals surface area contributed by atoms with Gasteiger partial charge in [0, 0.05) is 17.7 Å². The molecule has 0 aliphatic heterocycles. The molecule has 0 bridgehead atoms. The maximum absolute atomic E-state index is 11.8. The third kappa shape index (κ3) is 5.78. The van der Waals surface area contributed by atoms with Crippen LogP contribution in [0.25, 0.3) is 0 Å². The molecule has 2 aromatic carbocycles. The fourth-order valence-corrected chi connectivity index (χ4v) is 1.55. The normalized spacial score (nSPS) is 9.80. The van der Waals surface area contributed by atoms with Crippen LogP contribution in [0.4, 0.5) is 0 Å². The van der Waals surface area contributed by atoms with Crippen LogP contribution in [0.1, 0.15) is 15.9 Å². The van der Waals surface area contributed by atoms with Gasteiger partial charge in [0.1, 0.15) is 0 Å². The standard InChI is InChI=1S/C13H10O.C4H11NO/c14-13(11-7-3-1-4-8-11)12-9-5-2-6-10-12;1-5(2)3-4-6/h1-10H;6H,3-4H2,1-2H3. The van der Waals surface area contributed by atoms with Gasteiger partial charge in [0.2, 0.25) is 0 Å². The predicted octanol–water partition coefficient (Wildman–Crippen LogP) is 2.46. The van der Waals surface area contributed by atoms with Crippen molar-refractivity contribution >= 4 is 5.78 Å². The molecule has 0 radical (unpaired) electrons. The van der Waals surface area contributed by atoms with Crippen LogP contribution < -0.4 is 0 Å². The van der Waals surface area contributed by atoms with Gasteiger partial charge >= 0.3 is 0 Å². The second-order valence-electron chi connectivity index (χ2n) is 4.59. The first-order valence-corrected chi connectivity index (χ1v) is 6.55. The summed E-state index contributed by atoms with van der Waals surface area (Å²) in [7, 11) is 3.85. The molecule has 106 valence electrons. The van der Waals surface area contributed by atoms with Crippen LogP contribution in [0, 0.1) is 0 Å². The van der Waals surface area contributed by atoms with Crippen LogP contribution >= 0.6 is 0 Å². The third-order valence-corrected chi connectivity index (χ3v) is 2.62. The zero-order chi connectivity index (χ0) is 14.8. The van der Waals surface area contributed by atoms with E-state index < -0.39 is 0 Å². The van der Waals surface area contributed by atoms with E-state index >= 15 is 0 Å². The molecule has 0 saturated heterocycles. The van der Waals surface area contributed by atoms with Gasteiger partial charge in [0.15, 0.2) is 5.78 Å². The molecule has 0 heterocycles. The molecule has 3 heteroatoms. The van der Waals surface area contributed by atoms with E-state index in [0.29, 0.717) is 0 Å². The minimum atomic E-state index is 0.0752. The lowest BCUT2D eigenvalue weighted by molar-refractivity contribution is 0.103. The summed E-state index contributed by atoms with van der Waals surface area (Å²) in [6.45, 7) is 1.02. The molecule has 3 nitrogen and oxygen atoms in total. The summed E-state index contributed by atoms with van der Waals surface area (Å²) in [5.74, 6) is 0.0752. The Labute approximate surface area is 120 Å². The summed E-state index contributed by atoms with van der Waals surface area (Å²) in [5, 5.41) is 8.20. The number of hydrogen-bond donors (Lipinski definition) is 1. The predicted molar refractivity (Wildman–Crippen MR) is 82.0 cm³/mol. The Morgan fingerprint density at radius 3 is 1.55 bits per heavy atom. The number of aliphatic hydroxyl groups excluding tert-OH is 1. The molecule has 0 atom stereocenters. The number of carbonyl (C=O) groups is 1. The molecule has 2 aromatic rings. The molecule has 0 fully saturated rings. The second kappa shape index (κ2) is 9.02. The first kappa shape index (κ1) is 16.1. The average Bonchev–Trinajstić information content (AvgIpc) is 2.49. The summed E-state index contributed by atoms with van der Waals surface area (Å²) < 4.78 is 0. The molecule has 20 heavy (non-hydrogen) atoms. The van der Waals surface area contributed by atoms with E-state index in [1.807, 2.05) is 79.7 Å². The Bertz CT molecular complexity index is 453.